The van der Waals surface area contributed by atoms with Crippen molar-refractivity contribution < 1.29 is 41.7 Å². The van der Waals surface area contributed by atoms with Gasteiger partial charge in [-0.2, -0.15) is 13.2 Å². The van der Waals surface area contributed by atoms with Crippen molar-refractivity contribution in [3.8, 4) is 17.2 Å². The van der Waals surface area contributed by atoms with Gasteiger partial charge < -0.3 is 23.7 Å². The summed E-state index contributed by atoms with van der Waals surface area (Å²) in [7, 11) is 0. The van der Waals surface area contributed by atoms with E-state index in [1.54, 1.807) is 13.0 Å². The van der Waals surface area contributed by atoms with E-state index in [9.17, 15) is 18.0 Å². The molecule has 3 fully saturated rings. The monoisotopic (exact) mass is 606 g/mol. The van der Waals surface area contributed by atoms with Gasteiger partial charge in [-0.15, -0.1) is 0 Å². The molecule has 7 rings (SSSR count). The maximum atomic E-state index is 12.7. The molecular formula is C34H45F3O6. The molecule has 1 aliphatic carbocycles. The van der Waals surface area contributed by atoms with Crippen molar-refractivity contribution in [3.63, 3.8) is 0 Å². The van der Waals surface area contributed by atoms with E-state index in [2.05, 4.69) is 40.2 Å². The Labute approximate surface area is 253 Å². The van der Waals surface area contributed by atoms with Crippen LogP contribution in [-0.2, 0) is 20.7 Å². The van der Waals surface area contributed by atoms with Crippen LogP contribution in [0.25, 0.3) is 0 Å². The minimum Gasteiger partial charge on any atom is -0.490 e. The summed E-state index contributed by atoms with van der Waals surface area (Å²) in [6.45, 7) is 8.58. The first kappa shape index (κ1) is 33.0. The first-order chi connectivity index (χ1) is 20.5. The molecule has 0 aromatic heterocycles. The van der Waals surface area contributed by atoms with Gasteiger partial charge in [0, 0.05) is 0 Å². The van der Waals surface area contributed by atoms with Crippen LogP contribution in [0.3, 0.4) is 0 Å². The van der Waals surface area contributed by atoms with Gasteiger partial charge in [0.1, 0.15) is 5.75 Å². The lowest BCUT2D eigenvalue weighted by molar-refractivity contribution is -0.281. The number of alkyl halides is 3. The molecule has 2 saturated heterocycles. The molecule has 5 aliphatic rings. The number of hydrogen-bond acceptors (Lipinski definition) is 6. The van der Waals surface area contributed by atoms with E-state index < -0.39 is 12.5 Å². The number of fused-ring (bicyclic) bond motifs is 2. The average molecular weight is 607 g/mol. The molecule has 6 nitrogen and oxygen atoms in total. The molecule has 4 unspecified atom stereocenters. The van der Waals surface area contributed by atoms with Gasteiger partial charge in [-0.05, 0) is 95.0 Å². The molecule has 4 aliphatic heterocycles. The summed E-state index contributed by atoms with van der Waals surface area (Å²) in [4.78, 5) is 10.4. The molecular weight excluding hydrogens is 561 g/mol. The number of carbonyl (C=O) groups is 1. The molecule has 0 N–H and O–H groups in total. The van der Waals surface area contributed by atoms with Crippen LogP contribution < -0.4 is 14.2 Å². The van der Waals surface area contributed by atoms with E-state index in [1.165, 1.54) is 62.6 Å². The summed E-state index contributed by atoms with van der Waals surface area (Å²) < 4.78 is 62.8. The van der Waals surface area contributed by atoms with Crippen molar-refractivity contribution in [2.24, 2.45) is 5.92 Å². The Hall–Kier alpha value is -2.94. The van der Waals surface area contributed by atoms with Crippen LogP contribution in [0.4, 0.5) is 13.2 Å². The van der Waals surface area contributed by atoms with Crippen molar-refractivity contribution in [3.05, 3.63) is 53.6 Å². The van der Waals surface area contributed by atoms with Crippen molar-refractivity contribution in [1.29, 1.82) is 0 Å². The van der Waals surface area contributed by atoms with Crippen LogP contribution in [0.2, 0.25) is 0 Å². The number of para-hydroxylation sites is 1. The number of esters is 1. The summed E-state index contributed by atoms with van der Waals surface area (Å²) in [5.41, 5.74) is 2.48. The molecule has 0 bridgehead atoms. The average Bonchev–Trinajstić information content (AvgIpc) is 3.53. The van der Waals surface area contributed by atoms with Gasteiger partial charge in [0.15, 0.2) is 11.5 Å². The van der Waals surface area contributed by atoms with Crippen LogP contribution >= 0.6 is 0 Å². The maximum Gasteiger partial charge on any atom is 0.468 e. The fraction of sp³-hybridized carbons (Fsp3) is 0.618. The summed E-state index contributed by atoms with van der Waals surface area (Å²) in [6, 6.07) is 12.6. The smallest absolute Gasteiger partial charge is 0.468 e. The topological polar surface area (TPSA) is 63.2 Å². The lowest BCUT2D eigenvalue weighted by Gasteiger charge is -2.32. The van der Waals surface area contributed by atoms with E-state index in [4.69, 9.17) is 9.47 Å². The second kappa shape index (κ2) is 14.7. The van der Waals surface area contributed by atoms with Gasteiger partial charge >= 0.3 is 18.4 Å². The highest BCUT2D eigenvalue weighted by Crippen LogP contribution is 2.42. The number of ether oxygens (including phenoxy) is 5. The first-order valence-electron chi connectivity index (χ1n) is 15.5. The van der Waals surface area contributed by atoms with Crippen LogP contribution in [0, 0.1) is 12.8 Å². The molecule has 238 valence electrons. The van der Waals surface area contributed by atoms with E-state index in [0.717, 1.165) is 30.6 Å². The van der Waals surface area contributed by atoms with Crippen molar-refractivity contribution in [2.75, 3.05) is 6.61 Å². The Bertz CT molecular complexity index is 1190. The first-order valence-corrected chi connectivity index (χ1v) is 15.5. The fourth-order valence-corrected chi connectivity index (χ4v) is 5.80. The second-order valence-corrected chi connectivity index (χ2v) is 12.2. The zero-order chi connectivity index (χ0) is 31.0. The van der Waals surface area contributed by atoms with Gasteiger partial charge in [0.2, 0.25) is 0 Å². The number of halogens is 3. The highest BCUT2D eigenvalue weighted by atomic mass is 19.3. The zero-order valence-corrected chi connectivity index (χ0v) is 25.7. The molecule has 1 spiro atoms. The molecule has 9 heteroatoms. The Morgan fingerprint density at radius 1 is 0.814 bits per heavy atom. The highest BCUT2D eigenvalue weighted by molar-refractivity contribution is 5.73. The molecule has 4 heterocycles. The van der Waals surface area contributed by atoms with Crippen LogP contribution in [0.5, 0.6) is 17.2 Å². The summed E-state index contributed by atoms with van der Waals surface area (Å²) >= 11 is 0. The van der Waals surface area contributed by atoms with E-state index >= 15 is 0 Å². The van der Waals surface area contributed by atoms with E-state index in [1.807, 2.05) is 19.1 Å². The molecule has 0 amide bonds. The minimum absolute atomic E-state index is 0.00317. The predicted molar refractivity (Wildman–Crippen MR) is 157 cm³/mol. The van der Waals surface area contributed by atoms with Crippen molar-refractivity contribution >= 4 is 5.97 Å². The van der Waals surface area contributed by atoms with E-state index in [0.29, 0.717) is 24.4 Å². The highest BCUT2D eigenvalue weighted by Gasteiger charge is 2.49. The molecule has 2 aromatic carbocycles. The molecule has 43 heavy (non-hydrogen) atoms. The predicted octanol–water partition coefficient (Wildman–Crippen LogP) is 8.51. The zero-order valence-electron chi connectivity index (χ0n) is 25.7. The van der Waals surface area contributed by atoms with Gasteiger partial charge in [-0.25, -0.2) is 0 Å². The van der Waals surface area contributed by atoms with Gasteiger partial charge in [-0.3, -0.25) is 4.79 Å². The number of benzene rings is 2. The number of carbonyl (C=O) groups excluding carboxylic acids is 1. The van der Waals surface area contributed by atoms with Crippen LogP contribution in [-0.4, -0.2) is 42.9 Å². The van der Waals surface area contributed by atoms with Gasteiger partial charge in [0.05, 0.1) is 30.3 Å². The van der Waals surface area contributed by atoms with Gasteiger partial charge in [-0.1, -0.05) is 50.5 Å². The minimum atomic E-state index is -3.91. The van der Waals surface area contributed by atoms with E-state index in [-0.39, 0.29) is 23.4 Å². The number of cyclic esters (lactones) is 1. The fourth-order valence-electron chi connectivity index (χ4n) is 5.80. The van der Waals surface area contributed by atoms with Gasteiger partial charge in [0.25, 0.3) is 0 Å². The third kappa shape index (κ3) is 9.27. The SMILES string of the molecule is CC1CCC2(CCCCC2)O1.CC1CCOC1=O.CC1CCc2ccccc2O1.Cc1ccc2c(c1)OC(F)C(F)(F)O2. The Kier molecular flexibility index (Phi) is 11.3. The Morgan fingerprint density at radius 2 is 1.56 bits per heavy atom. The Morgan fingerprint density at radius 3 is 2.19 bits per heavy atom. The normalized spacial score (nSPS) is 27.5. The molecule has 2 aromatic rings. The lowest BCUT2D eigenvalue weighted by atomic mass is 9.83. The second-order valence-electron chi connectivity index (χ2n) is 12.2. The van der Waals surface area contributed by atoms with Crippen molar-refractivity contribution in [1.82, 2.24) is 0 Å². The standard InChI is InChI=1S/C10H18O.C10H12O.C9H7F3O2.C5H8O2/c1-9-5-8-10(11-9)6-3-2-4-7-10;1-8-6-7-9-4-2-3-5-10(9)11-8;1-5-2-3-6-7(4-5)13-8(10)9(11,12)14-6;1-4-2-3-7-5(4)6/h9H,2-8H2,1H3;2-5,8H,6-7H2,1H3;2-4,8H,1H3;4H,2-3H2,1H3. The molecule has 1 saturated carbocycles. The number of hydrogen-bond donors (Lipinski definition) is 0. The Balaban J connectivity index is 0.000000134. The lowest BCUT2D eigenvalue weighted by Crippen LogP contribution is -2.43. The van der Waals surface area contributed by atoms with Crippen LogP contribution in [0.1, 0.15) is 89.7 Å². The quantitative estimate of drug-likeness (QED) is 0.280. The number of rotatable bonds is 0. The largest absolute Gasteiger partial charge is 0.490 e. The van der Waals surface area contributed by atoms with Crippen LogP contribution in [0.15, 0.2) is 42.5 Å². The third-order valence-corrected chi connectivity index (χ3v) is 8.38. The maximum absolute atomic E-state index is 12.7. The van der Waals surface area contributed by atoms with Crippen molar-refractivity contribution in [2.45, 2.75) is 122 Å². The molecule has 0 radical (unpaired) electrons. The number of aryl methyl sites for hydroxylation is 2. The summed E-state index contributed by atoms with van der Waals surface area (Å²) in [5, 5.41) is 0. The summed E-state index contributed by atoms with van der Waals surface area (Å²) in [6.07, 6.45) is 6.98. The molecule has 4 atom stereocenters. The summed E-state index contributed by atoms with van der Waals surface area (Å²) in [5.74, 6) is 1.05. The third-order valence-electron chi connectivity index (χ3n) is 8.38.